The first-order chi connectivity index (χ1) is 18.0. The van der Waals surface area contributed by atoms with E-state index in [2.05, 4.69) is 0 Å². The van der Waals surface area contributed by atoms with E-state index >= 15 is 0 Å². The first-order valence-corrected chi connectivity index (χ1v) is 12.4. The Balaban J connectivity index is 1.58. The number of hydrogen-bond acceptors (Lipinski definition) is 5. The van der Waals surface area contributed by atoms with Crippen LogP contribution in [0.25, 0.3) is 0 Å². The molecule has 37 heavy (non-hydrogen) atoms. The molecule has 0 saturated heterocycles. The molecule has 0 spiro atoms. The van der Waals surface area contributed by atoms with Crippen LogP contribution in [0.1, 0.15) is 25.3 Å². The van der Waals surface area contributed by atoms with Gasteiger partial charge in [0.15, 0.2) is 51.1 Å². The van der Waals surface area contributed by atoms with E-state index in [0.29, 0.717) is 24.2 Å². The minimum absolute atomic E-state index is 0.215. The SMILES string of the molecule is CC1=C(C(=O)OCC[n+]2ccccc2)C(c2ccccc2)C(C(=O)OCC[n+]2ccccc2)=C(C)N1C. The molecule has 0 saturated carbocycles. The Morgan fingerprint density at radius 1 is 0.703 bits per heavy atom. The van der Waals surface area contributed by atoms with Crippen LogP contribution >= 0.6 is 0 Å². The van der Waals surface area contributed by atoms with Gasteiger partial charge in [-0.3, -0.25) is 0 Å². The summed E-state index contributed by atoms with van der Waals surface area (Å²) in [5.41, 5.74) is 3.23. The molecule has 1 aliphatic heterocycles. The molecular weight excluding hydrogens is 466 g/mol. The van der Waals surface area contributed by atoms with Gasteiger partial charge in [0, 0.05) is 42.7 Å². The second-order valence-electron chi connectivity index (χ2n) is 8.90. The highest BCUT2D eigenvalue weighted by atomic mass is 16.5. The molecule has 1 aromatic carbocycles. The fourth-order valence-corrected chi connectivity index (χ4v) is 4.49. The lowest BCUT2D eigenvalue weighted by Gasteiger charge is -2.35. The van der Waals surface area contributed by atoms with Gasteiger partial charge in [0.25, 0.3) is 0 Å². The predicted molar refractivity (Wildman–Crippen MR) is 138 cm³/mol. The molecule has 4 rings (SSSR count). The van der Waals surface area contributed by atoms with Gasteiger partial charge >= 0.3 is 11.9 Å². The smallest absolute Gasteiger partial charge is 0.336 e. The standard InChI is InChI=1S/C30H33N3O4/c1-23-26(29(34)36-21-19-32-15-9-5-10-16-32)28(25-13-7-4-8-14-25)27(24(2)31(23)3)30(35)37-22-20-33-17-11-6-12-18-33/h4-18,28H,19-22H2,1-3H3/q+2. The number of carbonyl (C=O) groups is 2. The predicted octanol–water partition coefficient (Wildman–Crippen LogP) is 3.33. The van der Waals surface area contributed by atoms with Crippen molar-refractivity contribution in [1.29, 1.82) is 0 Å². The zero-order chi connectivity index (χ0) is 26.2. The summed E-state index contributed by atoms with van der Waals surface area (Å²) in [5.74, 6) is -1.47. The molecule has 0 amide bonds. The largest absolute Gasteiger partial charge is 0.456 e. The van der Waals surface area contributed by atoms with Crippen molar-refractivity contribution < 1.29 is 28.2 Å². The lowest BCUT2D eigenvalue weighted by Crippen LogP contribution is -2.38. The lowest BCUT2D eigenvalue weighted by molar-refractivity contribution is -0.698. The number of aromatic nitrogens is 2. The van der Waals surface area contributed by atoms with Crippen molar-refractivity contribution in [3.63, 3.8) is 0 Å². The fourth-order valence-electron chi connectivity index (χ4n) is 4.49. The highest BCUT2D eigenvalue weighted by Gasteiger charge is 2.39. The highest BCUT2D eigenvalue weighted by molar-refractivity contribution is 5.99. The topological polar surface area (TPSA) is 63.6 Å². The van der Waals surface area contributed by atoms with E-state index in [1.165, 1.54) is 0 Å². The summed E-state index contributed by atoms with van der Waals surface area (Å²) >= 11 is 0. The maximum atomic E-state index is 13.5. The third kappa shape index (κ3) is 6.12. The van der Waals surface area contributed by atoms with E-state index in [0.717, 1.165) is 17.0 Å². The molecule has 7 heteroatoms. The minimum atomic E-state index is -0.592. The van der Waals surface area contributed by atoms with Crippen LogP contribution in [0.2, 0.25) is 0 Å². The van der Waals surface area contributed by atoms with Crippen LogP contribution in [0.4, 0.5) is 0 Å². The van der Waals surface area contributed by atoms with Gasteiger partial charge in [-0.1, -0.05) is 42.5 Å². The van der Waals surface area contributed by atoms with Crippen LogP contribution in [-0.2, 0) is 32.2 Å². The lowest BCUT2D eigenvalue weighted by atomic mass is 9.80. The van der Waals surface area contributed by atoms with E-state index in [1.54, 1.807) is 0 Å². The van der Waals surface area contributed by atoms with Crippen molar-refractivity contribution in [3.8, 4) is 0 Å². The number of carbonyl (C=O) groups excluding carboxylic acids is 2. The third-order valence-corrected chi connectivity index (χ3v) is 6.66. The maximum absolute atomic E-state index is 13.5. The van der Waals surface area contributed by atoms with Gasteiger partial charge in [0.2, 0.25) is 0 Å². The molecule has 3 heterocycles. The summed E-state index contributed by atoms with van der Waals surface area (Å²) in [7, 11) is 1.85. The average molecular weight is 500 g/mol. The normalized spacial score (nSPS) is 14.1. The van der Waals surface area contributed by atoms with Crippen LogP contribution in [0.5, 0.6) is 0 Å². The zero-order valence-corrected chi connectivity index (χ0v) is 21.5. The number of allylic oxidation sites excluding steroid dienone is 2. The molecule has 0 fully saturated rings. The summed E-state index contributed by atoms with van der Waals surface area (Å²) in [4.78, 5) is 28.9. The van der Waals surface area contributed by atoms with E-state index < -0.39 is 17.9 Å². The Kier molecular flexibility index (Phi) is 8.46. The van der Waals surface area contributed by atoms with Gasteiger partial charge in [-0.25, -0.2) is 18.7 Å². The first-order valence-electron chi connectivity index (χ1n) is 12.4. The summed E-state index contributed by atoms with van der Waals surface area (Å²) in [6, 6.07) is 21.2. The number of esters is 2. The molecule has 2 aromatic heterocycles. The van der Waals surface area contributed by atoms with E-state index in [1.807, 2.05) is 126 Å². The van der Waals surface area contributed by atoms with Gasteiger partial charge < -0.3 is 14.4 Å². The average Bonchev–Trinajstić information content (AvgIpc) is 2.93. The van der Waals surface area contributed by atoms with Crippen LogP contribution in [0, 0.1) is 0 Å². The highest BCUT2D eigenvalue weighted by Crippen LogP contribution is 2.42. The minimum Gasteiger partial charge on any atom is -0.456 e. The van der Waals surface area contributed by atoms with Crippen LogP contribution in [0.15, 0.2) is 114 Å². The molecule has 0 bridgehead atoms. The molecular formula is C30H33N3O4+2. The van der Waals surface area contributed by atoms with Crippen molar-refractivity contribution in [2.24, 2.45) is 0 Å². The Labute approximate surface area is 217 Å². The van der Waals surface area contributed by atoms with Crippen molar-refractivity contribution in [3.05, 3.63) is 120 Å². The van der Waals surface area contributed by atoms with Gasteiger partial charge in [-0.15, -0.1) is 0 Å². The van der Waals surface area contributed by atoms with Gasteiger partial charge in [-0.2, -0.15) is 0 Å². The quantitative estimate of drug-likeness (QED) is 0.334. The maximum Gasteiger partial charge on any atom is 0.336 e. The molecule has 0 unspecified atom stereocenters. The second kappa shape index (κ2) is 12.1. The van der Waals surface area contributed by atoms with Crippen LogP contribution in [-0.4, -0.2) is 37.1 Å². The number of hydrogen-bond donors (Lipinski definition) is 0. The summed E-state index contributed by atoms with van der Waals surface area (Å²) in [6.45, 7) is 5.27. The number of benzene rings is 1. The fraction of sp³-hybridized carbons (Fsp3) is 0.267. The monoisotopic (exact) mass is 499 g/mol. The molecule has 0 atom stereocenters. The number of nitrogens with zero attached hydrogens (tertiary/aromatic N) is 3. The molecule has 1 aliphatic rings. The Morgan fingerprint density at radius 3 is 1.54 bits per heavy atom. The third-order valence-electron chi connectivity index (χ3n) is 6.66. The van der Waals surface area contributed by atoms with Crippen molar-refractivity contribution in [1.82, 2.24) is 4.90 Å². The number of rotatable bonds is 9. The van der Waals surface area contributed by atoms with Gasteiger partial charge in [0.05, 0.1) is 17.1 Å². The first kappa shape index (κ1) is 25.8. The van der Waals surface area contributed by atoms with Crippen molar-refractivity contribution >= 4 is 11.9 Å². The summed E-state index contributed by atoms with van der Waals surface area (Å²) in [6.07, 6.45) is 7.70. The molecule has 0 aliphatic carbocycles. The van der Waals surface area contributed by atoms with Gasteiger partial charge in [0.1, 0.15) is 0 Å². The molecule has 7 nitrogen and oxygen atoms in total. The number of pyridine rings is 2. The summed E-state index contributed by atoms with van der Waals surface area (Å²) in [5, 5.41) is 0. The Hall–Kier alpha value is -4.26. The zero-order valence-electron chi connectivity index (χ0n) is 21.5. The second-order valence-corrected chi connectivity index (χ2v) is 8.90. The summed E-state index contributed by atoms with van der Waals surface area (Å²) < 4.78 is 15.4. The van der Waals surface area contributed by atoms with Crippen molar-refractivity contribution in [2.75, 3.05) is 20.3 Å². The Morgan fingerprint density at radius 2 is 1.11 bits per heavy atom. The van der Waals surface area contributed by atoms with Crippen molar-refractivity contribution in [2.45, 2.75) is 32.9 Å². The van der Waals surface area contributed by atoms with E-state index in [-0.39, 0.29) is 13.2 Å². The van der Waals surface area contributed by atoms with Crippen LogP contribution < -0.4 is 9.13 Å². The van der Waals surface area contributed by atoms with E-state index in [4.69, 9.17) is 9.47 Å². The molecule has 190 valence electrons. The molecule has 0 radical (unpaired) electrons. The number of ether oxygens (including phenoxy) is 2. The molecule has 3 aromatic rings. The molecule has 0 N–H and O–H groups in total. The van der Waals surface area contributed by atoms with Gasteiger partial charge in [-0.05, 0) is 19.4 Å². The van der Waals surface area contributed by atoms with E-state index in [9.17, 15) is 9.59 Å². The Bertz CT molecular complexity index is 1210. The van der Waals surface area contributed by atoms with Crippen LogP contribution in [0.3, 0.4) is 0 Å².